The van der Waals surface area contributed by atoms with Gasteiger partial charge in [0.05, 0.1) is 18.1 Å². The molecular weight excluding hydrogens is 358 g/mol. The van der Waals surface area contributed by atoms with E-state index in [-0.39, 0.29) is 29.0 Å². The summed E-state index contributed by atoms with van der Waals surface area (Å²) in [7, 11) is 0. The summed E-state index contributed by atoms with van der Waals surface area (Å²) in [4.78, 5) is 27.0. The number of nitrogens with one attached hydrogen (secondary N) is 1. The van der Waals surface area contributed by atoms with Crippen LogP contribution in [0.2, 0.25) is 0 Å². The molecule has 0 radical (unpaired) electrons. The second kappa shape index (κ2) is 7.55. The lowest BCUT2D eigenvalue weighted by atomic mass is 9.66. The van der Waals surface area contributed by atoms with Gasteiger partial charge < -0.3 is 10.1 Å². The Labute approximate surface area is 165 Å². The van der Waals surface area contributed by atoms with Crippen molar-refractivity contribution in [3.63, 3.8) is 0 Å². The number of hydrogen-bond acceptors (Lipinski definition) is 5. The number of ketones is 1. The van der Waals surface area contributed by atoms with Gasteiger partial charge in [0.2, 0.25) is 0 Å². The van der Waals surface area contributed by atoms with Crippen molar-refractivity contribution in [2.24, 2.45) is 11.3 Å². The Balaban J connectivity index is 2.16. The van der Waals surface area contributed by atoms with Gasteiger partial charge in [0.15, 0.2) is 0 Å². The second-order valence-electron chi connectivity index (χ2n) is 7.84. The molecule has 5 heteroatoms. The monoisotopic (exact) mass is 385 g/mol. The first-order valence-electron chi connectivity index (χ1n) is 9.31. The van der Waals surface area contributed by atoms with Crippen LogP contribution in [-0.4, -0.2) is 24.6 Å². The summed E-state index contributed by atoms with van der Waals surface area (Å²) in [6.07, 6.45) is 4.65. The topological polar surface area (TPSA) is 55.4 Å². The minimum Gasteiger partial charge on any atom is -0.463 e. The minimum absolute atomic E-state index is 0.165. The van der Waals surface area contributed by atoms with Crippen molar-refractivity contribution >= 4 is 23.5 Å². The number of thioether (sulfide) groups is 1. The van der Waals surface area contributed by atoms with Crippen LogP contribution < -0.4 is 5.32 Å². The van der Waals surface area contributed by atoms with Crippen LogP contribution in [0.4, 0.5) is 0 Å². The van der Waals surface area contributed by atoms with Gasteiger partial charge in [0, 0.05) is 28.6 Å². The summed E-state index contributed by atoms with van der Waals surface area (Å²) in [6.45, 7) is 8.13. The van der Waals surface area contributed by atoms with E-state index in [1.807, 2.05) is 37.4 Å². The lowest BCUT2D eigenvalue weighted by molar-refractivity contribution is -0.139. The second-order valence-corrected chi connectivity index (χ2v) is 8.72. The molecule has 0 spiro atoms. The average molecular weight is 386 g/mol. The number of carbonyl (C=O) groups excluding carboxylic acids is 2. The van der Waals surface area contributed by atoms with Gasteiger partial charge in [-0.1, -0.05) is 32.1 Å². The molecule has 2 unspecified atom stereocenters. The van der Waals surface area contributed by atoms with Gasteiger partial charge in [-0.25, -0.2) is 4.79 Å². The first kappa shape index (κ1) is 19.7. The van der Waals surface area contributed by atoms with Crippen LogP contribution in [0.15, 0.2) is 52.2 Å². The number of ether oxygens (including phenoxy) is 1. The van der Waals surface area contributed by atoms with Crippen LogP contribution in [0.25, 0.3) is 0 Å². The molecule has 1 N–H and O–H groups in total. The van der Waals surface area contributed by atoms with E-state index in [9.17, 15) is 9.59 Å². The van der Waals surface area contributed by atoms with E-state index in [1.54, 1.807) is 18.7 Å². The van der Waals surface area contributed by atoms with Crippen molar-refractivity contribution in [2.75, 3.05) is 12.9 Å². The Morgan fingerprint density at radius 2 is 1.93 bits per heavy atom. The molecule has 0 saturated carbocycles. The molecule has 0 amide bonds. The Morgan fingerprint density at radius 3 is 2.52 bits per heavy atom. The predicted molar refractivity (Wildman–Crippen MR) is 108 cm³/mol. The smallest absolute Gasteiger partial charge is 0.336 e. The van der Waals surface area contributed by atoms with E-state index >= 15 is 0 Å². The van der Waals surface area contributed by atoms with Crippen molar-refractivity contribution in [1.29, 1.82) is 0 Å². The van der Waals surface area contributed by atoms with E-state index in [1.165, 1.54) is 0 Å². The maximum atomic E-state index is 13.1. The third-order valence-corrected chi connectivity index (χ3v) is 5.95. The molecule has 4 nitrogen and oxygen atoms in total. The highest BCUT2D eigenvalue weighted by atomic mass is 32.2. The number of benzene rings is 1. The first-order chi connectivity index (χ1) is 12.8. The van der Waals surface area contributed by atoms with E-state index in [0.29, 0.717) is 18.6 Å². The van der Waals surface area contributed by atoms with Crippen molar-refractivity contribution < 1.29 is 14.3 Å². The summed E-state index contributed by atoms with van der Waals surface area (Å²) in [5, 5.41) is 3.33. The maximum absolute atomic E-state index is 13.1. The third-order valence-electron chi connectivity index (χ3n) is 5.21. The highest BCUT2D eigenvalue weighted by molar-refractivity contribution is 7.98. The number of allylic oxidation sites excluding steroid dienone is 3. The molecule has 1 aliphatic heterocycles. The molecule has 144 valence electrons. The van der Waals surface area contributed by atoms with Crippen LogP contribution in [0.1, 0.15) is 45.6 Å². The molecule has 27 heavy (non-hydrogen) atoms. The van der Waals surface area contributed by atoms with E-state index in [4.69, 9.17) is 4.74 Å². The molecule has 2 atom stereocenters. The Bertz CT molecular complexity index is 820. The fraction of sp³-hybridized carbons (Fsp3) is 0.455. The van der Waals surface area contributed by atoms with Crippen LogP contribution in [0.3, 0.4) is 0 Å². The standard InChI is InChI=1S/C22H27NO3S/c1-6-26-21(25)18-13(2)23-16-11-22(3,4)12-17(24)20(16)19(18)14-7-9-15(27-5)10-8-14/h7-11,19-20,23H,6,12H2,1-5H3. The number of carbonyl (C=O) groups is 2. The molecule has 3 rings (SSSR count). The van der Waals surface area contributed by atoms with Crippen molar-refractivity contribution in [3.05, 3.63) is 52.9 Å². The zero-order chi connectivity index (χ0) is 19.8. The van der Waals surface area contributed by atoms with E-state index in [2.05, 4.69) is 25.2 Å². The van der Waals surface area contributed by atoms with Gasteiger partial charge in [-0.2, -0.15) is 0 Å². The van der Waals surface area contributed by atoms with Crippen LogP contribution in [0, 0.1) is 11.3 Å². The normalized spacial score (nSPS) is 24.0. The molecule has 1 aromatic rings. The maximum Gasteiger partial charge on any atom is 0.336 e. The molecule has 1 aliphatic carbocycles. The van der Waals surface area contributed by atoms with Gasteiger partial charge in [-0.3, -0.25) is 4.79 Å². The van der Waals surface area contributed by atoms with Crippen molar-refractivity contribution in [3.8, 4) is 0 Å². The molecule has 0 aromatic heterocycles. The fourth-order valence-electron chi connectivity index (χ4n) is 4.12. The molecule has 0 saturated heterocycles. The molecule has 0 fully saturated rings. The van der Waals surface area contributed by atoms with Crippen molar-refractivity contribution in [1.82, 2.24) is 5.32 Å². The largest absolute Gasteiger partial charge is 0.463 e. The lowest BCUT2D eigenvalue weighted by Crippen LogP contribution is -2.43. The summed E-state index contributed by atoms with van der Waals surface area (Å²) >= 11 is 1.67. The van der Waals surface area contributed by atoms with E-state index < -0.39 is 0 Å². The number of rotatable bonds is 4. The van der Waals surface area contributed by atoms with Crippen molar-refractivity contribution in [2.45, 2.75) is 44.9 Å². The fourth-order valence-corrected chi connectivity index (χ4v) is 4.52. The minimum atomic E-state index is -0.374. The first-order valence-corrected chi connectivity index (χ1v) is 10.5. The highest BCUT2D eigenvalue weighted by Gasteiger charge is 2.46. The van der Waals surface area contributed by atoms with Gasteiger partial charge in [-0.05, 0) is 43.2 Å². The molecule has 1 heterocycles. The lowest BCUT2D eigenvalue weighted by Gasteiger charge is -2.41. The molecule has 2 aliphatic rings. The average Bonchev–Trinajstić information content (AvgIpc) is 2.59. The van der Waals surface area contributed by atoms with Gasteiger partial charge >= 0.3 is 5.97 Å². The van der Waals surface area contributed by atoms with Crippen LogP contribution >= 0.6 is 11.8 Å². The Morgan fingerprint density at radius 1 is 1.26 bits per heavy atom. The number of Topliss-reactive ketones (excluding diaryl/α,β-unsaturated/α-hetero) is 1. The van der Waals surface area contributed by atoms with E-state index in [0.717, 1.165) is 21.9 Å². The Kier molecular flexibility index (Phi) is 5.52. The summed E-state index contributed by atoms with van der Waals surface area (Å²) in [5.41, 5.74) is 3.01. The summed E-state index contributed by atoms with van der Waals surface area (Å²) < 4.78 is 5.33. The SMILES string of the molecule is CCOC(=O)C1=C(C)NC2=CC(C)(C)CC(=O)C2C1c1ccc(SC)cc1. The third kappa shape index (κ3) is 3.84. The number of fused-ring (bicyclic) bond motifs is 1. The molecule has 0 bridgehead atoms. The zero-order valence-electron chi connectivity index (χ0n) is 16.6. The summed E-state index contributed by atoms with van der Waals surface area (Å²) in [6, 6.07) is 8.14. The summed E-state index contributed by atoms with van der Waals surface area (Å²) in [5.74, 6) is -0.881. The van der Waals surface area contributed by atoms with Crippen LogP contribution in [-0.2, 0) is 14.3 Å². The van der Waals surface area contributed by atoms with Gasteiger partial charge in [0.25, 0.3) is 0 Å². The predicted octanol–water partition coefficient (Wildman–Crippen LogP) is 4.43. The zero-order valence-corrected chi connectivity index (χ0v) is 17.4. The van der Waals surface area contributed by atoms with Gasteiger partial charge in [0.1, 0.15) is 5.78 Å². The number of esters is 1. The van der Waals surface area contributed by atoms with Gasteiger partial charge in [-0.15, -0.1) is 11.8 Å². The molecular formula is C22H27NO3S. The molecule has 1 aromatic carbocycles. The van der Waals surface area contributed by atoms with Crippen LogP contribution in [0.5, 0.6) is 0 Å². The highest BCUT2D eigenvalue weighted by Crippen LogP contribution is 2.47. The number of hydrogen-bond donors (Lipinski definition) is 1. The quantitative estimate of drug-likeness (QED) is 0.614. The Hall–Kier alpha value is -2.01.